The molecule has 0 radical (unpaired) electrons. The van der Waals surface area contributed by atoms with E-state index < -0.39 is 16.1 Å². The van der Waals surface area contributed by atoms with Gasteiger partial charge in [-0.15, -0.1) is 0 Å². The van der Waals surface area contributed by atoms with Crippen molar-refractivity contribution in [1.29, 1.82) is 0 Å². The SMILES string of the molecule is CC/C(=C\Cc1c(CC)c(C)c2c(c1OCC[Si](C)(C)C)C(=O)OC2)CBr.CC/C(=C\Cc1c(CC)c(C)c2c(c1OCC[Si](C)(C)C)C(=O)OC2)CO. The number of benzene rings is 2. The molecule has 0 amide bonds. The Morgan fingerprint density at radius 3 is 1.39 bits per heavy atom. The van der Waals surface area contributed by atoms with Gasteiger partial charge >= 0.3 is 11.9 Å². The van der Waals surface area contributed by atoms with Crippen LogP contribution in [0.4, 0.5) is 0 Å². The van der Waals surface area contributed by atoms with Crippen LogP contribution in [0.2, 0.25) is 51.4 Å². The van der Waals surface area contributed by atoms with Crippen LogP contribution in [0.5, 0.6) is 11.5 Å². The monoisotopic (exact) mass is 842 g/mol. The third-order valence-corrected chi connectivity index (χ3v) is 14.8. The fourth-order valence-corrected chi connectivity index (χ4v) is 9.04. The van der Waals surface area contributed by atoms with Gasteiger partial charge < -0.3 is 24.1 Å². The second-order valence-corrected chi connectivity index (χ2v) is 28.6. The fourth-order valence-electron chi connectivity index (χ4n) is 6.99. The number of hydrogen-bond donors (Lipinski definition) is 1. The van der Waals surface area contributed by atoms with E-state index in [0.29, 0.717) is 49.7 Å². The number of halogens is 1. The topological polar surface area (TPSA) is 91.3 Å². The smallest absolute Gasteiger partial charge is 0.342 e. The van der Waals surface area contributed by atoms with Crippen molar-refractivity contribution in [2.24, 2.45) is 0 Å². The van der Waals surface area contributed by atoms with Crippen molar-refractivity contribution in [1.82, 2.24) is 0 Å². The summed E-state index contributed by atoms with van der Waals surface area (Å²) in [6.45, 7) is 28.8. The van der Waals surface area contributed by atoms with Gasteiger partial charge in [-0.05, 0) is 92.3 Å². The molecule has 0 bridgehead atoms. The molecule has 300 valence electrons. The van der Waals surface area contributed by atoms with Gasteiger partial charge in [0.1, 0.15) is 35.8 Å². The van der Waals surface area contributed by atoms with Gasteiger partial charge in [-0.25, -0.2) is 9.59 Å². The van der Waals surface area contributed by atoms with Crippen LogP contribution in [0.1, 0.15) is 106 Å². The highest BCUT2D eigenvalue weighted by molar-refractivity contribution is 9.09. The van der Waals surface area contributed by atoms with E-state index in [1.807, 2.05) is 6.92 Å². The molecule has 0 saturated carbocycles. The zero-order valence-corrected chi connectivity index (χ0v) is 38.9. The molecule has 0 aromatic heterocycles. The minimum atomic E-state index is -1.24. The summed E-state index contributed by atoms with van der Waals surface area (Å²) in [6.07, 6.45) is 9.45. The Bertz CT molecular complexity index is 1580. The molecule has 0 aliphatic carbocycles. The number of ether oxygens (including phenoxy) is 4. The molecular formula is C44H67BrO7Si2. The van der Waals surface area contributed by atoms with Crippen molar-refractivity contribution in [2.45, 2.75) is 145 Å². The first kappa shape index (κ1) is 45.7. The van der Waals surface area contributed by atoms with Gasteiger partial charge in [0.2, 0.25) is 0 Å². The zero-order valence-electron chi connectivity index (χ0n) is 35.3. The molecule has 10 heteroatoms. The van der Waals surface area contributed by atoms with E-state index in [9.17, 15) is 14.7 Å². The van der Waals surface area contributed by atoms with Crippen LogP contribution < -0.4 is 9.47 Å². The van der Waals surface area contributed by atoms with E-state index >= 15 is 0 Å². The molecule has 4 rings (SSSR count). The highest BCUT2D eigenvalue weighted by atomic mass is 79.9. The molecule has 0 atom stereocenters. The average molecular weight is 844 g/mol. The molecule has 1 N–H and O–H groups in total. The molecule has 0 spiro atoms. The van der Waals surface area contributed by atoms with E-state index in [4.69, 9.17) is 18.9 Å². The standard InChI is InChI=1S/C22H33BrO3Si.C22H34O4Si/c2*1-7-16(13-23)9-10-18-17(8-2)15(3)19-14-26-22(24)20(19)21(18)25-11-12-27(4,5)6/h9H,7-8,10-14H2,1-6H3;9,23H,7-8,10-14H2,1-6H3/b2*16-9+. The number of rotatable bonds is 18. The predicted molar refractivity (Wildman–Crippen MR) is 232 cm³/mol. The van der Waals surface area contributed by atoms with Crippen molar-refractivity contribution in [2.75, 3.05) is 25.2 Å². The first-order chi connectivity index (χ1) is 25.5. The quantitative estimate of drug-likeness (QED) is 0.0692. The van der Waals surface area contributed by atoms with Crippen LogP contribution in [0.25, 0.3) is 0 Å². The lowest BCUT2D eigenvalue weighted by Gasteiger charge is -2.22. The molecule has 0 saturated heterocycles. The number of aliphatic hydroxyl groups excluding tert-OH is 1. The summed E-state index contributed by atoms with van der Waals surface area (Å²) in [5.41, 5.74) is 12.8. The minimum Gasteiger partial charge on any atom is -0.493 e. The summed E-state index contributed by atoms with van der Waals surface area (Å²) in [5.74, 6) is 0.967. The Morgan fingerprint density at radius 2 is 1.07 bits per heavy atom. The first-order valence-corrected chi connectivity index (χ1v) is 28.5. The molecule has 2 aromatic carbocycles. The molecule has 0 unspecified atom stereocenters. The van der Waals surface area contributed by atoms with E-state index in [1.54, 1.807) is 0 Å². The minimum absolute atomic E-state index is 0.0652. The molecule has 54 heavy (non-hydrogen) atoms. The molecule has 0 fully saturated rings. The second kappa shape index (κ2) is 20.5. The number of aliphatic hydroxyl groups is 1. The third kappa shape index (κ3) is 11.7. The molecular weight excluding hydrogens is 777 g/mol. The lowest BCUT2D eigenvalue weighted by Crippen LogP contribution is -2.23. The summed E-state index contributed by atoms with van der Waals surface area (Å²) >= 11 is 3.57. The Labute approximate surface area is 336 Å². The van der Waals surface area contributed by atoms with Crippen molar-refractivity contribution in [3.05, 3.63) is 78.9 Å². The Morgan fingerprint density at radius 1 is 0.685 bits per heavy atom. The van der Waals surface area contributed by atoms with E-state index in [1.165, 1.54) is 22.3 Å². The van der Waals surface area contributed by atoms with E-state index in [-0.39, 0.29) is 18.5 Å². The van der Waals surface area contributed by atoms with E-state index in [2.05, 4.69) is 102 Å². The second-order valence-electron chi connectivity index (χ2n) is 16.8. The number of fused-ring (bicyclic) bond motifs is 2. The first-order valence-electron chi connectivity index (χ1n) is 19.9. The highest BCUT2D eigenvalue weighted by Crippen LogP contribution is 2.41. The van der Waals surface area contributed by atoms with Crippen LogP contribution in [-0.4, -0.2) is 58.3 Å². The zero-order chi connectivity index (χ0) is 40.4. The Kier molecular flexibility index (Phi) is 17.3. The maximum atomic E-state index is 12.5. The lowest BCUT2D eigenvalue weighted by atomic mass is 9.89. The number of allylic oxidation sites excluding steroid dienone is 3. The van der Waals surface area contributed by atoms with Gasteiger partial charge in [-0.3, -0.25) is 0 Å². The normalized spacial score (nSPS) is 14.3. The number of hydrogen-bond acceptors (Lipinski definition) is 7. The number of cyclic esters (lactones) is 2. The number of esters is 2. The van der Waals surface area contributed by atoms with Crippen LogP contribution >= 0.6 is 15.9 Å². The molecule has 7 nitrogen and oxygen atoms in total. The summed E-state index contributed by atoms with van der Waals surface area (Å²) in [5, 5.41) is 10.4. The van der Waals surface area contributed by atoms with Crippen molar-refractivity contribution in [3.63, 3.8) is 0 Å². The number of carbonyl (C=O) groups excluding carboxylic acids is 2. The van der Waals surface area contributed by atoms with E-state index in [0.717, 1.165) is 88.7 Å². The van der Waals surface area contributed by atoms with Crippen molar-refractivity contribution >= 4 is 44.0 Å². The third-order valence-electron chi connectivity index (χ3n) is 10.6. The largest absolute Gasteiger partial charge is 0.493 e. The summed E-state index contributed by atoms with van der Waals surface area (Å²) < 4.78 is 23.3. The van der Waals surface area contributed by atoms with Gasteiger partial charge in [0, 0.05) is 43.7 Å². The van der Waals surface area contributed by atoms with Crippen LogP contribution in [0.3, 0.4) is 0 Å². The van der Waals surface area contributed by atoms with Crippen LogP contribution in [-0.2, 0) is 48.4 Å². The molecule has 2 aliphatic rings. The molecule has 2 aromatic rings. The van der Waals surface area contributed by atoms with Gasteiger partial charge in [0.25, 0.3) is 0 Å². The lowest BCUT2D eigenvalue weighted by molar-refractivity contribution is 0.0523. The molecule has 2 aliphatic heterocycles. The highest BCUT2D eigenvalue weighted by Gasteiger charge is 2.34. The van der Waals surface area contributed by atoms with Crippen LogP contribution in [0.15, 0.2) is 23.3 Å². The summed E-state index contributed by atoms with van der Waals surface area (Å²) in [4.78, 5) is 24.9. The Balaban J connectivity index is 0.000000290. The number of carbonyl (C=O) groups is 2. The molecule has 2 heterocycles. The fraction of sp³-hybridized carbons (Fsp3) is 0.591. The van der Waals surface area contributed by atoms with Crippen LogP contribution in [0, 0.1) is 13.8 Å². The maximum absolute atomic E-state index is 12.5. The number of alkyl halides is 1. The average Bonchev–Trinajstić information content (AvgIpc) is 3.70. The summed E-state index contributed by atoms with van der Waals surface area (Å²) in [6, 6.07) is 2.11. The van der Waals surface area contributed by atoms with Gasteiger partial charge in [0.05, 0.1) is 19.8 Å². The van der Waals surface area contributed by atoms with Gasteiger partial charge in [-0.2, -0.15) is 0 Å². The maximum Gasteiger partial charge on any atom is 0.342 e. The predicted octanol–water partition coefficient (Wildman–Crippen LogP) is 11.0. The van der Waals surface area contributed by atoms with Crippen molar-refractivity contribution < 1.29 is 33.6 Å². The van der Waals surface area contributed by atoms with Gasteiger partial charge in [-0.1, -0.05) is 101 Å². The van der Waals surface area contributed by atoms with Gasteiger partial charge in [0.15, 0.2) is 0 Å². The Hall–Kier alpha value is -2.67. The summed E-state index contributed by atoms with van der Waals surface area (Å²) in [7, 11) is -2.45. The van der Waals surface area contributed by atoms with Crippen molar-refractivity contribution in [3.8, 4) is 11.5 Å².